The molecular formula is C17H20N2O5. The van der Waals surface area contributed by atoms with Crippen molar-refractivity contribution in [1.82, 2.24) is 10.2 Å². The summed E-state index contributed by atoms with van der Waals surface area (Å²) in [6, 6.07) is 5.60. The summed E-state index contributed by atoms with van der Waals surface area (Å²) in [5.41, 5.74) is 0.474. The first-order chi connectivity index (χ1) is 11.6. The zero-order valence-electron chi connectivity index (χ0n) is 13.4. The zero-order chi connectivity index (χ0) is 16.6. The summed E-state index contributed by atoms with van der Waals surface area (Å²) in [7, 11) is 0. The number of alkyl carbamates (subject to hydrolysis) is 1. The summed E-state index contributed by atoms with van der Waals surface area (Å²) in [5, 5.41) is 2.73. The van der Waals surface area contributed by atoms with Gasteiger partial charge in [-0.15, -0.1) is 0 Å². The standard InChI is InChI=1S/C17H20N2O5/c20-15(9-12-2-3-13-14(8-12)23-11-22-13)19-6-1-4-17(5-7-19)10-18-16(21)24-17/h2-3,8H,1,4-7,9-11H2,(H,18,21). The van der Waals surface area contributed by atoms with E-state index in [0.717, 1.165) is 24.2 Å². The van der Waals surface area contributed by atoms with Gasteiger partial charge in [0.15, 0.2) is 11.5 Å². The Labute approximate surface area is 139 Å². The van der Waals surface area contributed by atoms with E-state index in [1.165, 1.54) is 0 Å². The molecule has 1 unspecified atom stereocenters. The van der Waals surface area contributed by atoms with Gasteiger partial charge in [-0.25, -0.2) is 4.79 Å². The van der Waals surface area contributed by atoms with Crippen LogP contribution in [0.2, 0.25) is 0 Å². The molecule has 2 amide bonds. The number of hydrogen-bond acceptors (Lipinski definition) is 5. The highest BCUT2D eigenvalue weighted by Gasteiger charge is 2.41. The Morgan fingerprint density at radius 1 is 1.21 bits per heavy atom. The number of benzene rings is 1. The van der Waals surface area contributed by atoms with Gasteiger partial charge in [0, 0.05) is 19.5 Å². The number of nitrogens with zero attached hydrogens (tertiary/aromatic N) is 1. The molecule has 0 aromatic heterocycles. The number of hydrogen-bond donors (Lipinski definition) is 1. The van der Waals surface area contributed by atoms with E-state index >= 15 is 0 Å². The summed E-state index contributed by atoms with van der Waals surface area (Å²) >= 11 is 0. The Hall–Kier alpha value is -2.44. The maximum atomic E-state index is 12.6. The van der Waals surface area contributed by atoms with Gasteiger partial charge in [0.05, 0.1) is 13.0 Å². The molecule has 2 saturated heterocycles. The fraction of sp³-hybridized carbons (Fsp3) is 0.529. The summed E-state index contributed by atoms with van der Waals surface area (Å²) in [6.07, 6.45) is 2.29. The van der Waals surface area contributed by atoms with Gasteiger partial charge in [0.1, 0.15) is 5.60 Å². The molecule has 3 aliphatic rings. The fourth-order valence-corrected chi connectivity index (χ4v) is 3.54. The number of carbonyl (C=O) groups is 2. The van der Waals surface area contributed by atoms with Crippen LogP contribution >= 0.6 is 0 Å². The van der Waals surface area contributed by atoms with Gasteiger partial charge in [-0.1, -0.05) is 6.07 Å². The molecule has 3 heterocycles. The van der Waals surface area contributed by atoms with Crippen molar-refractivity contribution < 1.29 is 23.8 Å². The van der Waals surface area contributed by atoms with Crippen molar-refractivity contribution in [2.75, 3.05) is 26.4 Å². The largest absolute Gasteiger partial charge is 0.454 e. The lowest BCUT2D eigenvalue weighted by atomic mass is 9.95. The molecule has 1 spiro atoms. The van der Waals surface area contributed by atoms with Crippen molar-refractivity contribution >= 4 is 12.0 Å². The molecule has 1 N–H and O–H groups in total. The number of nitrogens with one attached hydrogen (secondary N) is 1. The van der Waals surface area contributed by atoms with E-state index < -0.39 is 5.60 Å². The third-order valence-corrected chi connectivity index (χ3v) is 4.91. The average molecular weight is 332 g/mol. The summed E-state index contributed by atoms with van der Waals surface area (Å²) in [4.78, 5) is 25.8. The summed E-state index contributed by atoms with van der Waals surface area (Å²) in [6.45, 7) is 2.07. The van der Waals surface area contributed by atoms with Crippen LogP contribution < -0.4 is 14.8 Å². The molecule has 7 nitrogen and oxygen atoms in total. The van der Waals surface area contributed by atoms with Crippen molar-refractivity contribution in [3.63, 3.8) is 0 Å². The van der Waals surface area contributed by atoms with Crippen molar-refractivity contribution in [2.24, 2.45) is 0 Å². The first kappa shape index (κ1) is 15.1. The first-order valence-corrected chi connectivity index (χ1v) is 8.27. The van der Waals surface area contributed by atoms with E-state index in [0.29, 0.717) is 38.2 Å². The lowest BCUT2D eigenvalue weighted by Crippen LogP contribution is -2.37. The molecule has 2 fully saturated rings. The van der Waals surface area contributed by atoms with Crippen LogP contribution in [0.5, 0.6) is 11.5 Å². The van der Waals surface area contributed by atoms with Crippen molar-refractivity contribution in [3.8, 4) is 11.5 Å². The molecule has 1 aromatic carbocycles. The predicted octanol–water partition coefficient (Wildman–Crippen LogP) is 1.45. The van der Waals surface area contributed by atoms with Crippen LogP contribution in [0.15, 0.2) is 18.2 Å². The highest BCUT2D eigenvalue weighted by molar-refractivity contribution is 5.79. The Bertz CT molecular complexity index is 677. The average Bonchev–Trinajstić information content (AvgIpc) is 3.10. The first-order valence-electron chi connectivity index (χ1n) is 8.27. The van der Waals surface area contributed by atoms with E-state index in [1.807, 2.05) is 23.1 Å². The van der Waals surface area contributed by atoms with Gasteiger partial charge < -0.3 is 24.4 Å². The monoisotopic (exact) mass is 332 g/mol. The second-order valence-electron chi connectivity index (χ2n) is 6.52. The van der Waals surface area contributed by atoms with E-state index in [2.05, 4.69) is 5.32 Å². The molecule has 0 bridgehead atoms. The number of amides is 2. The highest BCUT2D eigenvalue weighted by Crippen LogP contribution is 2.33. The van der Waals surface area contributed by atoms with Gasteiger partial charge in [0.2, 0.25) is 12.7 Å². The zero-order valence-corrected chi connectivity index (χ0v) is 13.4. The minimum atomic E-state index is -0.440. The SMILES string of the molecule is O=C1NCC2(CCCN(C(=O)Cc3ccc4c(c3)OCO4)CC2)O1. The number of rotatable bonds is 2. The summed E-state index contributed by atoms with van der Waals surface area (Å²) < 4.78 is 16.1. The van der Waals surface area contributed by atoms with Crippen LogP contribution in [0.25, 0.3) is 0 Å². The van der Waals surface area contributed by atoms with Gasteiger partial charge >= 0.3 is 6.09 Å². The minimum Gasteiger partial charge on any atom is -0.454 e. The lowest BCUT2D eigenvalue weighted by molar-refractivity contribution is -0.130. The number of likely N-dealkylation sites (tertiary alicyclic amines) is 1. The molecule has 24 heavy (non-hydrogen) atoms. The molecule has 0 aliphatic carbocycles. The second kappa shape index (κ2) is 5.89. The van der Waals surface area contributed by atoms with Crippen LogP contribution in [0.4, 0.5) is 4.79 Å². The number of carbonyl (C=O) groups excluding carboxylic acids is 2. The molecule has 0 saturated carbocycles. The number of ether oxygens (including phenoxy) is 3. The molecule has 1 atom stereocenters. The van der Waals surface area contributed by atoms with Gasteiger partial charge in [-0.05, 0) is 30.5 Å². The molecule has 0 radical (unpaired) electrons. The van der Waals surface area contributed by atoms with Crippen molar-refractivity contribution in [3.05, 3.63) is 23.8 Å². The fourth-order valence-electron chi connectivity index (χ4n) is 3.54. The van der Waals surface area contributed by atoms with Crippen LogP contribution in [0, 0.1) is 0 Å². The maximum Gasteiger partial charge on any atom is 0.407 e. The van der Waals surface area contributed by atoms with E-state index in [4.69, 9.17) is 14.2 Å². The van der Waals surface area contributed by atoms with Crippen LogP contribution in [-0.2, 0) is 16.0 Å². The van der Waals surface area contributed by atoms with Crippen LogP contribution in [-0.4, -0.2) is 48.9 Å². The molecule has 7 heteroatoms. The van der Waals surface area contributed by atoms with Gasteiger partial charge in [-0.2, -0.15) is 0 Å². The van der Waals surface area contributed by atoms with Gasteiger partial charge in [-0.3, -0.25) is 4.79 Å². The predicted molar refractivity (Wildman–Crippen MR) is 83.9 cm³/mol. The quantitative estimate of drug-likeness (QED) is 0.887. The highest BCUT2D eigenvalue weighted by atomic mass is 16.7. The molecule has 4 rings (SSSR count). The Kier molecular flexibility index (Phi) is 3.70. The smallest absolute Gasteiger partial charge is 0.407 e. The summed E-state index contributed by atoms with van der Waals surface area (Å²) in [5.74, 6) is 1.50. The van der Waals surface area contributed by atoms with Crippen LogP contribution in [0.1, 0.15) is 24.8 Å². The Balaban J connectivity index is 1.39. The van der Waals surface area contributed by atoms with Crippen LogP contribution in [0.3, 0.4) is 0 Å². The van der Waals surface area contributed by atoms with E-state index in [-0.39, 0.29) is 18.8 Å². The maximum absolute atomic E-state index is 12.6. The van der Waals surface area contributed by atoms with Crippen molar-refractivity contribution in [2.45, 2.75) is 31.3 Å². The van der Waals surface area contributed by atoms with E-state index in [9.17, 15) is 9.59 Å². The topological polar surface area (TPSA) is 77.1 Å². The molecular weight excluding hydrogens is 312 g/mol. The second-order valence-corrected chi connectivity index (χ2v) is 6.52. The Morgan fingerprint density at radius 2 is 2.08 bits per heavy atom. The molecule has 128 valence electrons. The third kappa shape index (κ3) is 2.86. The lowest BCUT2D eigenvalue weighted by Gasteiger charge is -2.25. The molecule has 3 aliphatic heterocycles. The number of fused-ring (bicyclic) bond motifs is 1. The Morgan fingerprint density at radius 3 is 2.92 bits per heavy atom. The third-order valence-electron chi connectivity index (χ3n) is 4.91. The normalized spacial score (nSPS) is 25.3. The van der Waals surface area contributed by atoms with Gasteiger partial charge in [0.25, 0.3) is 0 Å². The van der Waals surface area contributed by atoms with E-state index in [1.54, 1.807) is 0 Å². The molecule has 1 aromatic rings. The minimum absolute atomic E-state index is 0.0863. The van der Waals surface area contributed by atoms with Crippen molar-refractivity contribution in [1.29, 1.82) is 0 Å².